The van der Waals surface area contributed by atoms with Crippen LogP contribution in [-0.2, 0) is 9.59 Å². The van der Waals surface area contributed by atoms with E-state index in [1.165, 1.54) is 18.7 Å². The minimum atomic E-state index is -0.225. The van der Waals surface area contributed by atoms with Crippen molar-refractivity contribution in [3.8, 4) is 5.75 Å². The van der Waals surface area contributed by atoms with Crippen molar-refractivity contribution in [2.45, 2.75) is 36.5 Å². The molecule has 2 N–H and O–H groups in total. The topological polar surface area (TPSA) is 67.4 Å². The lowest BCUT2D eigenvalue weighted by atomic mass is 10.0. The van der Waals surface area contributed by atoms with Gasteiger partial charge in [0, 0.05) is 29.5 Å². The second kappa shape index (κ2) is 8.27. The van der Waals surface area contributed by atoms with E-state index in [1.807, 2.05) is 55.5 Å². The first-order valence-electron chi connectivity index (χ1n) is 8.59. The van der Waals surface area contributed by atoms with Gasteiger partial charge in [0.05, 0.1) is 17.9 Å². The summed E-state index contributed by atoms with van der Waals surface area (Å²) in [6.45, 7) is 3.98. The Kier molecular flexibility index (Phi) is 5.83. The molecule has 2 atom stereocenters. The highest BCUT2D eigenvalue weighted by molar-refractivity contribution is 8.00. The van der Waals surface area contributed by atoms with E-state index in [4.69, 9.17) is 4.74 Å². The van der Waals surface area contributed by atoms with Crippen LogP contribution >= 0.6 is 11.8 Å². The first-order valence-corrected chi connectivity index (χ1v) is 9.47. The molecule has 0 aliphatic carbocycles. The molecule has 0 radical (unpaired) electrons. The number of hydrogen-bond donors (Lipinski definition) is 2. The number of benzene rings is 2. The Morgan fingerprint density at radius 1 is 1.15 bits per heavy atom. The van der Waals surface area contributed by atoms with Gasteiger partial charge < -0.3 is 15.4 Å². The maximum absolute atomic E-state index is 12.6. The first kappa shape index (κ1) is 18.3. The molecule has 0 spiro atoms. The van der Waals surface area contributed by atoms with Gasteiger partial charge in [-0.2, -0.15) is 0 Å². The van der Waals surface area contributed by atoms with E-state index in [9.17, 15) is 9.59 Å². The fourth-order valence-electron chi connectivity index (χ4n) is 2.86. The number of ether oxygens (including phenoxy) is 1. The molecule has 26 heavy (non-hydrogen) atoms. The molecular formula is C20H22N2O3S. The number of carbonyl (C=O) groups excluding carboxylic acids is 2. The second-order valence-electron chi connectivity index (χ2n) is 6.20. The minimum Gasteiger partial charge on any atom is -0.493 e. The Labute approximate surface area is 157 Å². The zero-order valence-electron chi connectivity index (χ0n) is 14.8. The molecule has 1 aliphatic rings. The molecule has 3 rings (SSSR count). The summed E-state index contributed by atoms with van der Waals surface area (Å²) in [5, 5.41) is 5.64. The maximum atomic E-state index is 12.6. The van der Waals surface area contributed by atoms with Crippen molar-refractivity contribution in [1.29, 1.82) is 0 Å². The third-order valence-electron chi connectivity index (χ3n) is 4.13. The highest BCUT2D eigenvalue weighted by Crippen LogP contribution is 2.32. The summed E-state index contributed by atoms with van der Waals surface area (Å²) in [7, 11) is 0. The van der Waals surface area contributed by atoms with Crippen LogP contribution in [-0.4, -0.2) is 23.7 Å². The summed E-state index contributed by atoms with van der Waals surface area (Å²) < 4.78 is 5.64. The molecule has 2 aromatic carbocycles. The van der Waals surface area contributed by atoms with E-state index in [1.54, 1.807) is 0 Å². The normalized spacial score (nSPS) is 16.8. The van der Waals surface area contributed by atoms with E-state index in [-0.39, 0.29) is 23.1 Å². The Hall–Kier alpha value is -2.47. The molecular weight excluding hydrogens is 348 g/mol. The fraction of sp³-hybridized carbons (Fsp3) is 0.300. The average molecular weight is 370 g/mol. The Bertz CT molecular complexity index is 792. The molecule has 5 nitrogen and oxygen atoms in total. The van der Waals surface area contributed by atoms with Crippen LogP contribution in [0, 0.1) is 0 Å². The Balaban J connectivity index is 1.59. The summed E-state index contributed by atoms with van der Waals surface area (Å²) in [5.41, 5.74) is 1.78. The predicted octanol–water partition coefficient (Wildman–Crippen LogP) is 3.77. The van der Waals surface area contributed by atoms with Crippen LogP contribution in [0.5, 0.6) is 5.75 Å². The lowest BCUT2D eigenvalue weighted by Gasteiger charge is -2.27. The monoisotopic (exact) mass is 370 g/mol. The number of anilines is 1. The second-order valence-corrected chi connectivity index (χ2v) is 7.62. The molecule has 6 heteroatoms. The standard InChI is InChI=1S/C20H22N2O3S/c1-13(26-16-9-7-15(8-10-16)21-14(2)23)20(24)22-18-11-12-25-19-6-4-3-5-17(18)19/h3-10,13,18H,11-12H2,1-2H3,(H,21,23)(H,22,24). The molecule has 1 heterocycles. The molecule has 0 bridgehead atoms. The molecule has 0 aromatic heterocycles. The van der Waals surface area contributed by atoms with Gasteiger partial charge in [-0.15, -0.1) is 11.8 Å². The third kappa shape index (κ3) is 4.58. The quantitative estimate of drug-likeness (QED) is 0.787. The molecule has 1 aliphatic heterocycles. The van der Waals surface area contributed by atoms with E-state index in [2.05, 4.69) is 10.6 Å². The van der Waals surface area contributed by atoms with Gasteiger partial charge in [0.15, 0.2) is 0 Å². The highest BCUT2D eigenvalue weighted by atomic mass is 32.2. The minimum absolute atomic E-state index is 0.00244. The number of rotatable bonds is 5. The van der Waals surface area contributed by atoms with Crippen molar-refractivity contribution in [2.75, 3.05) is 11.9 Å². The van der Waals surface area contributed by atoms with Crippen LogP contribution in [0.1, 0.15) is 31.9 Å². The average Bonchev–Trinajstić information content (AvgIpc) is 2.63. The van der Waals surface area contributed by atoms with Crippen molar-refractivity contribution < 1.29 is 14.3 Å². The zero-order chi connectivity index (χ0) is 18.5. The third-order valence-corrected chi connectivity index (χ3v) is 5.24. The van der Waals surface area contributed by atoms with E-state index in [0.29, 0.717) is 6.61 Å². The number of hydrogen-bond acceptors (Lipinski definition) is 4. The van der Waals surface area contributed by atoms with Crippen LogP contribution in [0.25, 0.3) is 0 Å². The van der Waals surface area contributed by atoms with Gasteiger partial charge in [-0.05, 0) is 37.3 Å². The van der Waals surface area contributed by atoms with Gasteiger partial charge in [0.2, 0.25) is 11.8 Å². The SMILES string of the molecule is CC(=O)Nc1ccc(SC(C)C(=O)NC2CCOc3ccccc32)cc1. The van der Waals surface area contributed by atoms with Crippen LogP contribution in [0.15, 0.2) is 53.4 Å². The Morgan fingerprint density at radius 3 is 2.62 bits per heavy atom. The molecule has 136 valence electrons. The molecule has 2 amide bonds. The van der Waals surface area contributed by atoms with Gasteiger partial charge >= 0.3 is 0 Å². The Morgan fingerprint density at radius 2 is 1.88 bits per heavy atom. The molecule has 2 aromatic rings. The van der Waals surface area contributed by atoms with Gasteiger partial charge in [0.25, 0.3) is 0 Å². The van der Waals surface area contributed by atoms with E-state index in [0.717, 1.165) is 28.3 Å². The van der Waals surface area contributed by atoms with Crippen LogP contribution < -0.4 is 15.4 Å². The predicted molar refractivity (Wildman–Crippen MR) is 104 cm³/mol. The van der Waals surface area contributed by atoms with Gasteiger partial charge in [-0.25, -0.2) is 0 Å². The van der Waals surface area contributed by atoms with E-state index < -0.39 is 0 Å². The number of carbonyl (C=O) groups is 2. The summed E-state index contributed by atoms with van der Waals surface area (Å²) in [6.07, 6.45) is 0.769. The summed E-state index contributed by atoms with van der Waals surface area (Å²) >= 11 is 1.49. The summed E-state index contributed by atoms with van der Waals surface area (Å²) in [6, 6.07) is 15.3. The van der Waals surface area contributed by atoms with Gasteiger partial charge in [0.1, 0.15) is 5.75 Å². The van der Waals surface area contributed by atoms with Crippen LogP contribution in [0.3, 0.4) is 0 Å². The number of amides is 2. The van der Waals surface area contributed by atoms with Gasteiger partial charge in [-0.3, -0.25) is 9.59 Å². The molecule has 0 saturated heterocycles. The number of para-hydroxylation sites is 1. The summed E-state index contributed by atoms with van der Waals surface area (Å²) in [5.74, 6) is 0.746. The number of thioether (sulfide) groups is 1. The van der Waals surface area contributed by atoms with Crippen LogP contribution in [0.4, 0.5) is 5.69 Å². The van der Waals surface area contributed by atoms with Crippen molar-refractivity contribution >= 4 is 29.3 Å². The smallest absolute Gasteiger partial charge is 0.233 e. The highest BCUT2D eigenvalue weighted by Gasteiger charge is 2.25. The van der Waals surface area contributed by atoms with Crippen molar-refractivity contribution in [1.82, 2.24) is 5.32 Å². The lowest BCUT2D eigenvalue weighted by Crippen LogP contribution is -2.36. The van der Waals surface area contributed by atoms with Crippen molar-refractivity contribution in [3.63, 3.8) is 0 Å². The number of fused-ring (bicyclic) bond motifs is 1. The fourth-order valence-corrected chi connectivity index (χ4v) is 3.74. The van der Waals surface area contributed by atoms with Crippen molar-refractivity contribution in [3.05, 3.63) is 54.1 Å². The lowest BCUT2D eigenvalue weighted by molar-refractivity contribution is -0.121. The first-order chi connectivity index (χ1) is 12.5. The molecule has 0 saturated carbocycles. The molecule has 2 unspecified atom stereocenters. The van der Waals surface area contributed by atoms with E-state index >= 15 is 0 Å². The van der Waals surface area contributed by atoms with Crippen molar-refractivity contribution in [2.24, 2.45) is 0 Å². The summed E-state index contributed by atoms with van der Waals surface area (Å²) in [4.78, 5) is 24.7. The maximum Gasteiger partial charge on any atom is 0.233 e. The van der Waals surface area contributed by atoms with Crippen LogP contribution in [0.2, 0.25) is 0 Å². The molecule has 0 fully saturated rings. The largest absolute Gasteiger partial charge is 0.493 e. The van der Waals surface area contributed by atoms with Gasteiger partial charge in [-0.1, -0.05) is 18.2 Å². The number of nitrogens with one attached hydrogen (secondary N) is 2. The zero-order valence-corrected chi connectivity index (χ0v) is 15.6.